The number of carbonyl (C=O) groups is 6. The first-order valence-corrected chi connectivity index (χ1v) is 19.8. The maximum Gasteiger partial charge on any atom is 0.241 e. The molecule has 0 saturated heterocycles. The fraction of sp³-hybridized carbons (Fsp3) is 0.412. The summed E-state index contributed by atoms with van der Waals surface area (Å²) in [6, 6.07) is 9.69. The maximum atomic E-state index is 8.00. The van der Waals surface area contributed by atoms with Crippen LogP contribution in [0.4, 0.5) is 0 Å². The molecule has 1 radical (unpaired) electrons. The maximum absolute atomic E-state index is 8.00. The van der Waals surface area contributed by atoms with Gasteiger partial charge in [-0.2, -0.15) is 0 Å². The molecule has 0 heterocycles. The molecule has 1 atom stereocenters. The molecule has 9 nitrogen and oxygen atoms in total. The Kier molecular flexibility index (Phi) is 39.0. The van der Waals surface area contributed by atoms with Crippen LogP contribution in [0.25, 0.3) is 0 Å². The summed E-state index contributed by atoms with van der Waals surface area (Å²) in [5, 5.41) is 0.0868. The van der Waals surface area contributed by atoms with Gasteiger partial charge in [-0.25, -0.2) is 0 Å². The summed E-state index contributed by atoms with van der Waals surface area (Å²) < 4.78 is 19.1. The molecule has 0 spiro atoms. The number of para-hydroxylation sites is 1. The van der Waals surface area contributed by atoms with Crippen LogP contribution in [0, 0.1) is 23.7 Å². The van der Waals surface area contributed by atoms with E-state index in [2.05, 4.69) is 83.3 Å². The van der Waals surface area contributed by atoms with Crippen molar-refractivity contribution < 1.29 is 59.1 Å². The fourth-order valence-corrected chi connectivity index (χ4v) is 5.48. The van der Waals surface area contributed by atoms with Gasteiger partial charge in [0.2, 0.25) is 8.32 Å². The predicted octanol–water partition coefficient (Wildman–Crippen LogP) is 6.20. The van der Waals surface area contributed by atoms with Gasteiger partial charge < -0.3 is 42.4 Å². The van der Waals surface area contributed by atoms with Gasteiger partial charge >= 0.3 is 0 Å². The quantitative estimate of drug-likeness (QED) is 0.249. The zero-order chi connectivity index (χ0) is 36.6. The number of ether oxygens (including phenoxy) is 1. The van der Waals surface area contributed by atoms with Crippen molar-refractivity contribution >= 4 is 57.4 Å². The minimum Gasteiger partial charge on any atom is -0.545 e. The van der Waals surface area contributed by atoms with Crippen molar-refractivity contribution in [1.82, 2.24) is 0 Å². The van der Waals surface area contributed by atoms with Gasteiger partial charge in [0.25, 0.3) is 0 Å². The molecule has 0 aromatic heterocycles. The normalized spacial score (nSPS) is 14.2. The summed E-state index contributed by atoms with van der Waals surface area (Å²) in [4.78, 5) is 48.0. The fourth-order valence-electron chi connectivity index (χ4n) is 3.14. The second-order valence-electron chi connectivity index (χ2n) is 10.9. The number of hydrogen-bond donors (Lipinski definition) is 0. The molecule has 12 heteroatoms. The molecule has 0 N–H and O–H groups in total. The van der Waals surface area contributed by atoms with Crippen LogP contribution in [0.2, 0.25) is 37.8 Å². The van der Waals surface area contributed by atoms with Crippen molar-refractivity contribution in [3.05, 3.63) is 54.3 Å². The molecule has 2 rings (SSSR count). The molecule has 1 aliphatic rings. The van der Waals surface area contributed by atoms with E-state index in [-0.39, 0.29) is 21.8 Å². The van der Waals surface area contributed by atoms with E-state index in [1.165, 1.54) is 0 Å². The van der Waals surface area contributed by atoms with Crippen molar-refractivity contribution in [2.45, 2.75) is 83.4 Å². The molecular weight excluding hydrogens is 667 g/mol. The van der Waals surface area contributed by atoms with Gasteiger partial charge in [-0.15, -0.1) is 0 Å². The van der Waals surface area contributed by atoms with Gasteiger partial charge in [0, 0.05) is 16.8 Å². The first-order valence-electron chi connectivity index (χ1n) is 13.5. The first-order chi connectivity index (χ1) is 21.3. The molecule has 46 heavy (non-hydrogen) atoms. The van der Waals surface area contributed by atoms with Crippen molar-refractivity contribution in [2.24, 2.45) is 0 Å². The Hall–Kier alpha value is -3.66. The third kappa shape index (κ3) is 24.6. The van der Waals surface area contributed by atoms with Gasteiger partial charge in [0.1, 0.15) is 58.9 Å². The third-order valence-electron chi connectivity index (χ3n) is 5.79. The van der Waals surface area contributed by atoms with E-state index < -0.39 is 22.2 Å². The van der Waals surface area contributed by atoms with Crippen molar-refractivity contribution in [3.63, 3.8) is 0 Å². The largest absolute Gasteiger partial charge is 0.545 e. The van der Waals surface area contributed by atoms with Crippen LogP contribution in [0.3, 0.4) is 0 Å². The number of benzene rings is 1. The van der Waals surface area contributed by atoms with Crippen LogP contribution >= 0.6 is 0 Å². The Balaban J connectivity index is -0.000000275. The van der Waals surface area contributed by atoms with Crippen LogP contribution in [-0.2, 0) is 54.4 Å². The summed E-state index contributed by atoms with van der Waals surface area (Å²) in [5.74, 6) is 14.4. The topological polar surface area (TPSA) is 130 Å². The average molecular weight is 720 g/mol. The number of rotatable bonds is 6. The molecule has 259 valence electrons. The Morgan fingerprint density at radius 1 is 0.804 bits per heavy atom. The monoisotopic (exact) mass is 719 g/mol. The molecule has 0 saturated carbocycles. The summed E-state index contributed by atoms with van der Waals surface area (Å²) in [7, 11) is -3.88. The molecular formula is C34H52CoO9Si2. The second-order valence-corrected chi connectivity index (χ2v) is 20.0. The van der Waals surface area contributed by atoms with E-state index in [9.17, 15) is 0 Å². The zero-order valence-corrected chi connectivity index (χ0v) is 31.7. The van der Waals surface area contributed by atoms with E-state index in [0.717, 1.165) is 30.8 Å². The van der Waals surface area contributed by atoms with Crippen LogP contribution in [0.5, 0.6) is 5.75 Å². The molecule has 1 aromatic rings. The van der Waals surface area contributed by atoms with Gasteiger partial charge in [0.05, 0.1) is 0 Å². The Labute approximate surface area is 289 Å². The zero-order valence-electron chi connectivity index (χ0n) is 28.7. The van der Waals surface area contributed by atoms with Crippen LogP contribution in [0.15, 0.2) is 54.3 Å². The van der Waals surface area contributed by atoms with E-state index >= 15 is 0 Å². The summed E-state index contributed by atoms with van der Waals surface area (Å²) in [6.45, 7) is 30.3. The van der Waals surface area contributed by atoms with Crippen LogP contribution in [-0.4, -0.2) is 69.6 Å². The van der Waals surface area contributed by atoms with E-state index in [0.29, 0.717) is 6.61 Å². The molecule has 1 aromatic carbocycles. The Bertz CT molecular complexity index is 1060. The van der Waals surface area contributed by atoms with Gasteiger partial charge in [-0.3, -0.25) is 0 Å². The Morgan fingerprint density at radius 2 is 1.28 bits per heavy atom. The van der Waals surface area contributed by atoms with E-state index in [1.807, 2.05) is 71.1 Å². The standard InChI is InChI=1S/C28H40O3Si2.6CH2O.Co/c1-27(2,3)33(7,8)31-28(23-17-15-21-26(28)30-32(4,5)6)22-16-10-9-11-18-24-29-25-19-13-12-14-20-25;6*1-2;/h9-10,12-14,19-21H,15,17,23-24H2,1-8H3;6*1H2;/b10-9-;;;;;;;. The Morgan fingerprint density at radius 3 is 1.74 bits per heavy atom. The second kappa shape index (κ2) is 32.7. The minimum absolute atomic E-state index is 0. The summed E-state index contributed by atoms with van der Waals surface area (Å²) in [6.07, 6.45) is 8.68. The average Bonchev–Trinajstić information content (AvgIpc) is 3.04. The smallest absolute Gasteiger partial charge is 0.241 e. The van der Waals surface area contributed by atoms with Gasteiger partial charge in [0.15, 0.2) is 13.9 Å². The van der Waals surface area contributed by atoms with E-state index in [4.69, 9.17) is 42.4 Å². The number of allylic oxidation sites excluding steroid dienone is 3. The predicted molar refractivity (Wildman–Crippen MR) is 187 cm³/mol. The van der Waals surface area contributed by atoms with Crippen LogP contribution < -0.4 is 4.74 Å². The minimum atomic E-state index is -2.08. The van der Waals surface area contributed by atoms with Crippen molar-refractivity contribution in [1.29, 1.82) is 0 Å². The molecule has 0 amide bonds. The summed E-state index contributed by atoms with van der Waals surface area (Å²) in [5.41, 5.74) is -0.685. The SMILES string of the molecule is C=O.C=O.C=O.C=O.C=O.C=O.CC(C)(C)[Si](C)(C)OC1(C#C/C=C\C#CCOc2ccccc2)CCCC=C1O[Si](C)(C)C.[Co]. The van der Waals surface area contributed by atoms with Crippen molar-refractivity contribution in [2.75, 3.05) is 6.61 Å². The van der Waals surface area contributed by atoms with Crippen LogP contribution in [0.1, 0.15) is 40.0 Å². The first kappa shape index (κ1) is 54.8. The molecule has 1 unspecified atom stereocenters. The van der Waals surface area contributed by atoms with Crippen molar-refractivity contribution in [3.8, 4) is 29.4 Å². The number of carbonyl (C=O) groups excluding carboxylic acids is 6. The molecule has 1 aliphatic carbocycles. The van der Waals surface area contributed by atoms with Gasteiger partial charge in [-0.05, 0) is 87.4 Å². The molecule has 0 fully saturated rings. The van der Waals surface area contributed by atoms with Gasteiger partial charge in [-0.1, -0.05) is 62.7 Å². The van der Waals surface area contributed by atoms with E-state index in [1.54, 1.807) is 12.2 Å². The molecule has 0 aliphatic heterocycles. The third-order valence-corrected chi connectivity index (χ3v) is 11.1. The summed E-state index contributed by atoms with van der Waals surface area (Å²) >= 11 is 0. The number of hydrogen-bond acceptors (Lipinski definition) is 9. The molecule has 0 bridgehead atoms.